The maximum atomic E-state index is 13.3. The Morgan fingerprint density at radius 3 is 2.19 bits per heavy atom. The molecule has 1 unspecified atom stereocenters. The SMILES string of the molecule is CC(C)c1ccc(C(C)Nc2ccc(F)c(C#N)c2)cc1. The molecule has 0 saturated heterocycles. The van der Waals surface area contributed by atoms with Crippen LogP contribution in [0.4, 0.5) is 10.1 Å². The smallest absolute Gasteiger partial charge is 0.141 e. The highest BCUT2D eigenvalue weighted by atomic mass is 19.1. The number of hydrogen-bond acceptors (Lipinski definition) is 2. The minimum atomic E-state index is -0.489. The molecule has 0 aliphatic heterocycles. The lowest BCUT2D eigenvalue weighted by molar-refractivity contribution is 0.624. The molecule has 0 fully saturated rings. The van der Waals surface area contributed by atoms with Crippen LogP contribution < -0.4 is 5.32 Å². The molecule has 2 aromatic rings. The van der Waals surface area contributed by atoms with Crippen LogP contribution in [0, 0.1) is 17.1 Å². The molecule has 1 atom stereocenters. The maximum absolute atomic E-state index is 13.3. The fraction of sp³-hybridized carbons (Fsp3) is 0.278. The van der Waals surface area contributed by atoms with Crippen molar-refractivity contribution in [2.45, 2.75) is 32.7 Å². The van der Waals surface area contributed by atoms with Crippen molar-refractivity contribution < 1.29 is 4.39 Å². The third-order valence-electron chi connectivity index (χ3n) is 3.57. The van der Waals surface area contributed by atoms with Crippen molar-refractivity contribution in [1.29, 1.82) is 5.26 Å². The summed E-state index contributed by atoms with van der Waals surface area (Å²) in [7, 11) is 0. The van der Waals surface area contributed by atoms with Gasteiger partial charge in [-0.05, 0) is 42.2 Å². The molecule has 0 spiro atoms. The number of nitrogens with one attached hydrogen (secondary N) is 1. The minimum absolute atomic E-state index is 0.0577. The zero-order valence-electron chi connectivity index (χ0n) is 12.5. The summed E-state index contributed by atoms with van der Waals surface area (Å²) >= 11 is 0. The second-order valence-corrected chi connectivity index (χ2v) is 5.49. The van der Waals surface area contributed by atoms with E-state index in [1.807, 2.05) is 13.0 Å². The van der Waals surface area contributed by atoms with Gasteiger partial charge in [-0.25, -0.2) is 4.39 Å². The molecule has 0 aliphatic carbocycles. The van der Waals surface area contributed by atoms with Gasteiger partial charge < -0.3 is 5.32 Å². The second-order valence-electron chi connectivity index (χ2n) is 5.49. The summed E-state index contributed by atoms with van der Waals surface area (Å²) in [5.74, 6) is 0.0228. The molecule has 2 nitrogen and oxygen atoms in total. The van der Waals surface area contributed by atoms with Crippen LogP contribution in [-0.4, -0.2) is 0 Å². The summed E-state index contributed by atoms with van der Waals surface area (Å²) in [6.45, 7) is 6.37. The summed E-state index contributed by atoms with van der Waals surface area (Å²) in [5, 5.41) is 12.1. The van der Waals surface area contributed by atoms with E-state index in [2.05, 4.69) is 43.4 Å². The lowest BCUT2D eigenvalue weighted by Crippen LogP contribution is -2.07. The van der Waals surface area contributed by atoms with E-state index < -0.39 is 5.82 Å². The van der Waals surface area contributed by atoms with Crippen LogP contribution in [0.15, 0.2) is 42.5 Å². The van der Waals surface area contributed by atoms with Crippen LogP contribution >= 0.6 is 0 Å². The highest BCUT2D eigenvalue weighted by molar-refractivity contribution is 5.51. The lowest BCUT2D eigenvalue weighted by Gasteiger charge is -2.17. The molecule has 0 bridgehead atoms. The Bertz CT molecular complexity index is 654. The molecule has 0 saturated carbocycles. The van der Waals surface area contributed by atoms with E-state index in [0.717, 1.165) is 11.3 Å². The molecule has 0 heterocycles. The third kappa shape index (κ3) is 3.61. The number of nitriles is 1. The quantitative estimate of drug-likeness (QED) is 0.857. The summed E-state index contributed by atoms with van der Waals surface area (Å²) in [4.78, 5) is 0. The molecule has 0 aliphatic rings. The fourth-order valence-corrected chi connectivity index (χ4v) is 2.20. The number of nitrogens with zero attached hydrogens (tertiary/aromatic N) is 1. The predicted molar refractivity (Wildman–Crippen MR) is 83.7 cm³/mol. The molecule has 108 valence electrons. The van der Waals surface area contributed by atoms with Gasteiger partial charge in [0.1, 0.15) is 11.9 Å². The van der Waals surface area contributed by atoms with Crippen LogP contribution in [0.2, 0.25) is 0 Å². The first kappa shape index (κ1) is 15.1. The van der Waals surface area contributed by atoms with E-state index in [1.54, 1.807) is 6.07 Å². The lowest BCUT2D eigenvalue weighted by atomic mass is 9.99. The molecule has 3 heteroatoms. The third-order valence-corrected chi connectivity index (χ3v) is 3.57. The van der Waals surface area contributed by atoms with Crippen LogP contribution in [0.1, 0.15) is 49.4 Å². The first-order valence-electron chi connectivity index (χ1n) is 7.07. The van der Waals surface area contributed by atoms with E-state index in [1.165, 1.54) is 17.7 Å². The van der Waals surface area contributed by atoms with Crippen molar-refractivity contribution >= 4 is 5.69 Å². The Labute approximate surface area is 125 Å². The van der Waals surface area contributed by atoms with Gasteiger partial charge in [-0.3, -0.25) is 0 Å². The minimum Gasteiger partial charge on any atom is -0.378 e. The van der Waals surface area contributed by atoms with Crippen molar-refractivity contribution in [2.24, 2.45) is 0 Å². The monoisotopic (exact) mass is 282 g/mol. The first-order chi connectivity index (χ1) is 10.0. The first-order valence-corrected chi connectivity index (χ1v) is 7.07. The Morgan fingerprint density at radius 1 is 1.00 bits per heavy atom. The van der Waals surface area contributed by atoms with Crippen molar-refractivity contribution in [3.63, 3.8) is 0 Å². The van der Waals surface area contributed by atoms with Gasteiger partial charge in [-0.15, -0.1) is 0 Å². The van der Waals surface area contributed by atoms with Gasteiger partial charge in [0.15, 0.2) is 0 Å². The normalized spacial score (nSPS) is 12.0. The molecule has 2 aromatic carbocycles. The van der Waals surface area contributed by atoms with Crippen LogP contribution in [0.3, 0.4) is 0 Å². The average Bonchev–Trinajstić information content (AvgIpc) is 2.49. The molecule has 0 aromatic heterocycles. The van der Waals surface area contributed by atoms with E-state index >= 15 is 0 Å². The Kier molecular flexibility index (Phi) is 4.59. The number of hydrogen-bond donors (Lipinski definition) is 1. The van der Waals surface area contributed by atoms with Crippen LogP contribution in [0.5, 0.6) is 0 Å². The zero-order chi connectivity index (χ0) is 15.4. The fourth-order valence-electron chi connectivity index (χ4n) is 2.20. The molecule has 0 amide bonds. The van der Waals surface area contributed by atoms with E-state index in [-0.39, 0.29) is 11.6 Å². The standard InChI is InChI=1S/C18H19FN2/c1-12(2)14-4-6-15(7-5-14)13(3)21-17-8-9-18(19)16(10-17)11-20/h4-10,12-13,21H,1-3H3. The van der Waals surface area contributed by atoms with Gasteiger partial charge in [0.05, 0.1) is 5.56 Å². The molecule has 0 radical (unpaired) electrons. The average molecular weight is 282 g/mol. The molecule has 2 rings (SSSR count). The highest BCUT2D eigenvalue weighted by Crippen LogP contribution is 2.23. The second kappa shape index (κ2) is 6.41. The number of halogens is 1. The van der Waals surface area contributed by atoms with Gasteiger partial charge in [0.2, 0.25) is 0 Å². The van der Waals surface area contributed by atoms with E-state index in [0.29, 0.717) is 5.92 Å². The van der Waals surface area contributed by atoms with Gasteiger partial charge in [-0.1, -0.05) is 38.1 Å². The molecule has 21 heavy (non-hydrogen) atoms. The summed E-state index contributed by atoms with van der Waals surface area (Å²) < 4.78 is 13.3. The zero-order valence-corrected chi connectivity index (χ0v) is 12.5. The Hall–Kier alpha value is -2.34. The number of rotatable bonds is 4. The van der Waals surface area contributed by atoms with Crippen molar-refractivity contribution in [2.75, 3.05) is 5.32 Å². The largest absolute Gasteiger partial charge is 0.378 e. The Morgan fingerprint density at radius 2 is 1.62 bits per heavy atom. The predicted octanol–water partition coefficient (Wildman–Crippen LogP) is 4.99. The van der Waals surface area contributed by atoms with E-state index in [4.69, 9.17) is 5.26 Å². The van der Waals surface area contributed by atoms with Gasteiger partial charge in [0, 0.05) is 11.7 Å². The summed E-state index contributed by atoms with van der Waals surface area (Å²) in [6, 6.07) is 14.9. The molecule has 1 N–H and O–H groups in total. The summed E-state index contributed by atoms with van der Waals surface area (Å²) in [6.07, 6.45) is 0. The highest BCUT2D eigenvalue weighted by Gasteiger charge is 2.08. The van der Waals surface area contributed by atoms with Gasteiger partial charge in [0.25, 0.3) is 0 Å². The van der Waals surface area contributed by atoms with Gasteiger partial charge >= 0.3 is 0 Å². The number of anilines is 1. The van der Waals surface area contributed by atoms with Crippen molar-refractivity contribution in [3.8, 4) is 6.07 Å². The Balaban J connectivity index is 2.14. The number of benzene rings is 2. The maximum Gasteiger partial charge on any atom is 0.141 e. The van der Waals surface area contributed by atoms with Crippen LogP contribution in [0.25, 0.3) is 0 Å². The van der Waals surface area contributed by atoms with Gasteiger partial charge in [-0.2, -0.15) is 5.26 Å². The molecular weight excluding hydrogens is 263 g/mol. The van der Waals surface area contributed by atoms with Crippen LogP contribution in [-0.2, 0) is 0 Å². The summed E-state index contributed by atoms with van der Waals surface area (Å²) in [5.41, 5.74) is 3.26. The van der Waals surface area contributed by atoms with Crippen molar-refractivity contribution in [3.05, 3.63) is 65.0 Å². The van der Waals surface area contributed by atoms with E-state index in [9.17, 15) is 4.39 Å². The van der Waals surface area contributed by atoms with Crippen molar-refractivity contribution in [1.82, 2.24) is 0 Å². The molecular formula is C18H19FN2. The topological polar surface area (TPSA) is 35.8 Å².